The number of H-pyrrole nitrogens is 1. The quantitative estimate of drug-likeness (QED) is 0.489. The number of fused-ring (bicyclic) bond motifs is 3. The first-order valence-electron chi connectivity index (χ1n) is 7.96. The summed E-state index contributed by atoms with van der Waals surface area (Å²) < 4.78 is 6.73. The van der Waals surface area contributed by atoms with Gasteiger partial charge >= 0.3 is 0 Å². The van der Waals surface area contributed by atoms with Gasteiger partial charge < -0.3 is 15.0 Å². The van der Waals surface area contributed by atoms with Gasteiger partial charge in [0, 0.05) is 26.7 Å². The van der Waals surface area contributed by atoms with Crippen molar-refractivity contribution in [1.29, 1.82) is 0 Å². The lowest BCUT2D eigenvalue weighted by atomic mass is 9.94. The molecule has 1 unspecified atom stereocenters. The third-order valence-corrected chi connectivity index (χ3v) is 5.12. The predicted molar refractivity (Wildman–Crippen MR) is 105 cm³/mol. The van der Waals surface area contributed by atoms with Gasteiger partial charge in [0.15, 0.2) is 0 Å². The minimum Gasteiger partial charge on any atom is -0.481 e. The van der Waals surface area contributed by atoms with Crippen LogP contribution in [0.25, 0.3) is 10.9 Å². The zero-order valence-electron chi connectivity index (χ0n) is 13.1. The van der Waals surface area contributed by atoms with Gasteiger partial charge in [-0.1, -0.05) is 18.1 Å². The third-order valence-electron chi connectivity index (χ3n) is 4.45. The van der Waals surface area contributed by atoms with E-state index in [1.165, 1.54) is 31.3 Å². The largest absolute Gasteiger partial charge is 0.481 e. The second-order valence-electron chi connectivity index (χ2n) is 5.91. The van der Waals surface area contributed by atoms with Gasteiger partial charge in [-0.05, 0) is 70.5 Å². The Morgan fingerprint density at radius 2 is 2.04 bits per heavy atom. The van der Waals surface area contributed by atoms with Crippen LogP contribution in [0.3, 0.4) is 0 Å². The van der Waals surface area contributed by atoms with Crippen LogP contribution >= 0.6 is 22.6 Å². The topological polar surface area (TPSA) is 37.0 Å². The Kier molecular flexibility index (Phi) is 4.21. The highest BCUT2D eigenvalue weighted by Gasteiger charge is 2.25. The summed E-state index contributed by atoms with van der Waals surface area (Å²) in [6, 6.07) is 14.9. The minimum absolute atomic E-state index is 0.181. The first-order valence-corrected chi connectivity index (χ1v) is 9.04. The first-order chi connectivity index (χ1) is 11.8. The summed E-state index contributed by atoms with van der Waals surface area (Å²) in [5.74, 6) is 3.29. The molecule has 0 aliphatic carbocycles. The Labute approximate surface area is 154 Å². The average Bonchev–Trinajstić information content (AvgIpc) is 2.98. The van der Waals surface area contributed by atoms with Gasteiger partial charge in [-0.15, -0.1) is 6.42 Å². The fraction of sp³-hybridized carbons (Fsp3) is 0.200. The number of terminal acetylenes is 1. The summed E-state index contributed by atoms with van der Waals surface area (Å²) in [6.07, 6.45) is 6.28. The van der Waals surface area contributed by atoms with Crippen LogP contribution in [-0.2, 0) is 6.42 Å². The van der Waals surface area contributed by atoms with Crippen molar-refractivity contribution in [1.82, 2.24) is 10.3 Å². The molecule has 4 heteroatoms. The van der Waals surface area contributed by atoms with E-state index < -0.39 is 0 Å². The van der Waals surface area contributed by atoms with Gasteiger partial charge in [0.1, 0.15) is 12.4 Å². The molecule has 2 heterocycles. The molecule has 0 bridgehead atoms. The van der Waals surface area contributed by atoms with Crippen molar-refractivity contribution in [3.8, 4) is 18.1 Å². The van der Waals surface area contributed by atoms with E-state index in [-0.39, 0.29) is 6.04 Å². The summed E-state index contributed by atoms with van der Waals surface area (Å²) in [5.41, 5.74) is 5.14. The van der Waals surface area contributed by atoms with Gasteiger partial charge in [-0.25, -0.2) is 0 Å². The zero-order chi connectivity index (χ0) is 16.5. The van der Waals surface area contributed by atoms with Crippen molar-refractivity contribution in [3.63, 3.8) is 0 Å². The number of aromatic amines is 1. The van der Waals surface area contributed by atoms with Gasteiger partial charge in [-0.2, -0.15) is 0 Å². The van der Waals surface area contributed by atoms with Crippen molar-refractivity contribution in [3.05, 3.63) is 62.9 Å². The zero-order valence-corrected chi connectivity index (χ0v) is 15.3. The summed E-state index contributed by atoms with van der Waals surface area (Å²) in [5, 5.41) is 4.97. The molecular formula is C20H17IN2O. The second-order valence-corrected chi connectivity index (χ2v) is 7.15. The van der Waals surface area contributed by atoms with Crippen LogP contribution in [0, 0.1) is 15.9 Å². The van der Waals surface area contributed by atoms with Gasteiger partial charge in [0.25, 0.3) is 0 Å². The fourth-order valence-corrected chi connectivity index (χ4v) is 3.86. The van der Waals surface area contributed by atoms with E-state index in [9.17, 15) is 0 Å². The Morgan fingerprint density at radius 1 is 1.21 bits per heavy atom. The van der Waals surface area contributed by atoms with Gasteiger partial charge in [0.2, 0.25) is 0 Å². The van der Waals surface area contributed by atoms with E-state index in [4.69, 9.17) is 11.2 Å². The number of halogens is 1. The number of aromatic nitrogens is 1. The van der Waals surface area contributed by atoms with Crippen molar-refractivity contribution in [2.24, 2.45) is 0 Å². The molecule has 1 atom stereocenters. The molecular weight excluding hydrogens is 411 g/mol. The van der Waals surface area contributed by atoms with Gasteiger partial charge in [-0.3, -0.25) is 0 Å². The number of benzene rings is 2. The summed E-state index contributed by atoms with van der Waals surface area (Å²) in [4.78, 5) is 3.62. The molecule has 0 saturated heterocycles. The molecule has 0 spiro atoms. The normalized spacial score (nSPS) is 16.6. The SMILES string of the molecule is C#CCOc1ccc(C2NCCc3c2[nH]c2ccc(I)cc32)cc1. The smallest absolute Gasteiger partial charge is 0.148 e. The summed E-state index contributed by atoms with van der Waals surface area (Å²) in [6.45, 7) is 1.28. The van der Waals surface area contributed by atoms with Crippen LogP contribution < -0.4 is 10.1 Å². The van der Waals surface area contributed by atoms with E-state index in [1.807, 2.05) is 12.1 Å². The molecule has 3 aromatic rings. The maximum absolute atomic E-state index is 5.46. The number of ether oxygens (including phenoxy) is 1. The molecule has 2 aromatic carbocycles. The van der Waals surface area contributed by atoms with E-state index in [1.54, 1.807) is 0 Å². The highest BCUT2D eigenvalue weighted by atomic mass is 127. The molecule has 1 aliphatic rings. The van der Waals surface area contributed by atoms with Crippen LogP contribution in [-0.4, -0.2) is 18.1 Å². The summed E-state index contributed by atoms with van der Waals surface area (Å²) in [7, 11) is 0. The Morgan fingerprint density at radius 3 is 2.83 bits per heavy atom. The lowest BCUT2D eigenvalue weighted by Gasteiger charge is -2.25. The average molecular weight is 428 g/mol. The molecule has 0 saturated carbocycles. The third kappa shape index (κ3) is 2.79. The lowest BCUT2D eigenvalue weighted by molar-refractivity contribution is 0.370. The molecule has 0 amide bonds. The Hall–Kier alpha value is -1.97. The standard InChI is InChI=1S/C20H17IN2O/c1-2-11-24-15-6-3-13(4-7-15)19-20-16(9-10-22-19)17-12-14(21)5-8-18(17)23-20/h1,3-8,12,19,22-23H,9-11H2. The van der Waals surface area contributed by atoms with Crippen LogP contribution in [0.2, 0.25) is 0 Å². The van der Waals surface area contributed by atoms with E-state index in [2.05, 4.69) is 69.1 Å². The van der Waals surface area contributed by atoms with E-state index >= 15 is 0 Å². The predicted octanol–water partition coefficient (Wildman–Crippen LogP) is 4.02. The van der Waals surface area contributed by atoms with Crippen LogP contribution in [0.4, 0.5) is 0 Å². The molecule has 4 rings (SSSR count). The van der Waals surface area contributed by atoms with Crippen molar-refractivity contribution >= 4 is 33.5 Å². The molecule has 2 N–H and O–H groups in total. The monoisotopic (exact) mass is 428 g/mol. The molecule has 3 nitrogen and oxygen atoms in total. The van der Waals surface area contributed by atoms with Crippen LogP contribution in [0.1, 0.15) is 22.9 Å². The number of rotatable bonds is 3. The van der Waals surface area contributed by atoms with E-state index in [0.717, 1.165) is 18.7 Å². The first kappa shape index (κ1) is 15.6. The molecule has 0 radical (unpaired) electrons. The van der Waals surface area contributed by atoms with Gasteiger partial charge in [0.05, 0.1) is 6.04 Å². The van der Waals surface area contributed by atoms with Crippen molar-refractivity contribution in [2.75, 3.05) is 13.2 Å². The molecule has 0 fully saturated rings. The molecule has 120 valence electrons. The van der Waals surface area contributed by atoms with E-state index in [0.29, 0.717) is 6.61 Å². The molecule has 1 aromatic heterocycles. The minimum atomic E-state index is 0.181. The number of hydrogen-bond donors (Lipinski definition) is 2. The van der Waals surface area contributed by atoms with Crippen LogP contribution in [0.5, 0.6) is 5.75 Å². The van der Waals surface area contributed by atoms with Crippen LogP contribution in [0.15, 0.2) is 42.5 Å². The number of nitrogens with one attached hydrogen (secondary N) is 2. The highest BCUT2D eigenvalue weighted by Crippen LogP contribution is 2.34. The Bertz CT molecular complexity index is 921. The molecule has 24 heavy (non-hydrogen) atoms. The van der Waals surface area contributed by atoms with Crippen molar-refractivity contribution in [2.45, 2.75) is 12.5 Å². The molecule has 1 aliphatic heterocycles. The van der Waals surface area contributed by atoms with Crippen molar-refractivity contribution < 1.29 is 4.74 Å². The lowest BCUT2D eigenvalue weighted by Crippen LogP contribution is -2.30. The fourth-order valence-electron chi connectivity index (χ4n) is 3.37. The Balaban J connectivity index is 1.71. The second kappa shape index (κ2) is 6.50. The maximum Gasteiger partial charge on any atom is 0.148 e. The maximum atomic E-state index is 5.46. The highest BCUT2D eigenvalue weighted by molar-refractivity contribution is 14.1. The number of hydrogen-bond acceptors (Lipinski definition) is 2. The summed E-state index contributed by atoms with van der Waals surface area (Å²) >= 11 is 2.37.